The van der Waals surface area contributed by atoms with Crippen LogP contribution in [0.1, 0.15) is 37.8 Å². The van der Waals surface area contributed by atoms with Crippen LogP contribution in [-0.4, -0.2) is 25.5 Å². The van der Waals surface area contributed by atoms with E-state index in [1.54, 1.807) is 7.11 Å². The molecule has 28 heavy (non-hydrogen) atoms. The second-order valence-corrected chi connectivity index (χ2v) is 7.64. The Kier molecular flexibility index (Phi) is 6.34. The molecule has 3 rings (SSSR count). The van der Waals surface area contributed by atoms with Crippen molar-refractivity contribution in [2.75, 3.05) is 23.9 Å². The highest BCUT2D eigenvalue weighted by molar-refractivity contribution is 5.97. The number of carbonyl (C=O) groups is 2. The third-order valence-electron chi connectivity index (χ3n) is 4.91. The lowest BCUT2D eigenvalue weighted by atomic mass is 9.99. The topological polar surface area (TPSA) is 58.6 Å². The summed E-state index contributed by atoms with van der Waals surface area (Å²) >= 11 is 0. The second-order valence-electron chi connectivity index (χ2n) is 7.64. The Hall–Kier alpha value is -2.82. The van der Waals surface area contributed by atoms with E-state index in [-0.39, 0.29) is 11.8 Å². The van der Waals surface area contributed by atoms with Gasteiger partial charge in [-0.05, 0) is 60.2 Å². The Morgan fingerprint density at radius 3 is 2.57 bits per heavy atom. The fourth-order valence-electron chi connectivity index (χ4n) is 3.48. The van der Waals surface area contributed by atoms with Gasteiger partial charge in [-0.25, -0.2) is 0 Å². The molecule has 1 heterocycles. The van der Waals surface area contributed by atoms with Crippen molar-refractivity contribution in [2.45, 2.75) is 39.5 Å². The molecule has 0 unspecified atom stereocenters. The Bertz CT molecular complexity index is 843. The average Bonchev–Trinajstić information content (AvgIpc) is 2.69. The number of rotatable bonds is 7. The molecule has 0 spiro atoms. The first-order valence-corrected chi connectivity index (χ1v) is 9.82. The lowest BCUT2D eigenvalue weighted by Gasteiger charge is -2.31. The van der Waals surface area contributed by atoms with Crippen LogP contribution in [0.25, 0.3) is 0 Å². The summed E-state index contributed by atoms with van der Waals surface area (Å²) in [5.41, 5.74) is 3.98. The number of fused-ring (bicyclic) bond motifs is 1. The Morgan fingerprint density at radius 2 is 1.89 bits per heavy atom. The van der Waals surface area contributed by atoms with E-state index < -0.39 is 0 Å². The summed E-state index contributed by atoms with van der Waals surface area (Å²) in [6.07, 6.45) is 2.34. The summed E-state index contributed by atoms with van der Waals surface area (Å²) in [5.74, 6) is 1.39. The number of ether oxygens (including phenoxy) is 1. The van der Waals surface area contributed by atoms with Crippen LogP contribution < -0.4 is 15.0 Å². The van der Waals surface area contributed by atoms with Crippen LogP contribution in [-0.2, 0) is 22.4 Å². The molecule has 148 valence electrons. The Labute approximate surface area is 166 Å². The van der Waals surface area contributed by atoms with E-state index in [0.29, 0.717) is 25.2 Å². The van der Waals surface area contributed by atoms with Crippen LogP contribution in [0.15, 0.2) is 42.5 Å². The second kappa shape index (κ2) is 8.91. The maximum absolute atomic E-state index is 12.3. The minimum atomic E-state index is -0.0123. The number of amides is 2. The Balaban J connectivity index is 1.61. The van der Waals surface area contributed by atoms with Crippen molar-refractivity contribution < 1.29 is 14.3 Å². The molecular formula is C23H28N2O3. The van der Waals surface area contributed by atoms with Gasteiger partial charge in [0.05, 0.1) is 7.11 Å². The first kappa shape index (κ1) is 19.9. The van der Waals surface area contributed by atoms with E-state index in [2.05, 4.69) is 19.2 Å². The van der Waals surface area contributed by atoms with E-state index in [4.69, 9.17) is 4.74 Å². The quantitative estimate of drug-likeness (QED) is 0.783. The Morgan fingerprint density at radius 1 is 1.14 bits per heavy atom. The number of anilines is 2. The third-order valence-corrected chi connectivity index (χ3v) is 4.91. The van der Waals surface area contributed by atoms with Crippen LogP contribution >= 0.6 is 0 Å². The summed E-state index contributed by atoms with van der Waals surface area (Å²) in [6.45, 7) is 4.94. The van der Waals surface area contributed by atoms with Gasteiger partial charge in [-0.2, -0.15) is 0 Å². The summed E-state index contributed by atoms with van der Waals surface area (Å²) in [5, 5.41) is 2.98. The predicted molar refractivity (Wildman–Crippen MR) is 112 cm³/mol. The van der Waals surface area contributed by atoms with Crippen molar-refractivity contribution in [1.29, 1.82) is 0 Å². The van der Waals surface area contributed by atoms with Crippen molar-refractivity contribution in [3.8, 4) is 5.75 Å². The standard InChI is InChI=1S/C23H28N2O3/c1-16(2)15-25-21-11-8-19(14-18(21)7-13-23(25)27)24-22(26)12-6-17-4-9-20(28-3)10-5-17/h4-5,8-11,14,16H,6-7,12-13,15H2,1-3H3,(H,24,26). The predicted octanol–water partition coefficient (Wildman–Crippen LogP) is 4.20. The number of benzene rings is 2. The van der Waals surface area contributed by atoms with Crippen molar-refractivity contribution in [1.82, 2.24) is 0 Å². The summed E-state index contributed by atoms with van der Waals surface area (Å²) in [7, 11) is 1.64. The monoisotopic (exact) mass is 380 g/mol. The molecule has 0 saturated carbocycles. The SMILES string of the molecule is COc1ccc(CCC(=O)Nc2ccc3c(c2)CCC(=O)N3CC(C)C)cc1. The molecule has 0 fully saturated rings. The summed E-state index contributed by atoms with van der Waals surface area (Å²) in [6, 6.07) is 13.6. The molecule has 5 heteroatoms. The van der Waals surface area contributed by atoms with Gasteiger partial charge in [0, 0.05) is 30.8 Å². The zero-order valence-corrected chi connectivity index (χ0v) is 16.8. The van der Waals surface area contributed by atoms with Crippen molar-refractivity contribution >= 4 is 23.2 Å². The molecule has 2 amide bonds. The molecule has 0 aromatic heterocycles. The fraction of sp³-hybridized carbons (Fsp3) is 0.391. The van der Waals surface area contributed by atoms with Crippen LogP contribution in [0.4, 0.5) is 11.4 Å². The van der Waals surface area contributed by atoms with E-state index in [1.807, 2.05) is 47.4 Å². The average molecular weight is 380 g/mol. The maximum atomic E-state index is 12.3. The molecular weight excluding hydrogens is 352 g/mol. The number of aryl methyl sites for hydroxylation is 2. The van der Waals surface area contributed by atoms with Gasteiger partial charge in [0.15, 0.2) is 0 Å². The van der Waals surface area contributed by atoms with Crippen molar-refractivity contribution in [2.24, 2.45) is 5.92 Å². The lowest BCUT2D eigenvalue weighted by Crippen LogP contribution is -2.37. The largest absolute Gasteiger partial charge is 0.497 e. The number of hydrogen-bond acceptors (Lipinski definition) is 3. The molecule has 2 aromatic carbocycles. The van der Waals surface area contributed by atoms with Crippen molar-refractivity contribution in [3.63, 3.8) is 0 Å². The van der Waals surface area contributed by atoms with Crippen LogP contribution in [0, 0.1) is 5.92 Å². The van der Waals surface area contributed by atoms with E-state index in [9.17, 15) is 9.59 Å². The molecule has 1 aliphatic rings. The summed E-state index contributed by atoms with van der Waals surface area (Å²) in [4.78, 5) is 26.5. The molecule has 0 aliphatic carbocycles. The smallest absolute Gasteiger partial charge is 0.227 e. The molecule has 0 atom stereocenters. The number of carbonyl (C=O) groups excluding carboxylic acids is 2. The third kappa shape index (κ3) is 4.91. The molecule has 0 saturated heterocycles. The van der Waals surface area contributed by atoms with E-state index in [0.717, 1.165) is 41.2 Å². The van der Waals surface area contributed by atoms with E-state index >= 15 is 0 Å². The first-order chi connectivity index (χ1) is 13.5. The van der Waals surface area contributed by atoms with Gasteiger partial charge in [0.2, 0.25) is 11.8 Å². The number of nitrogens with zero attached hydrogens (tertiary/aromatic N) is 1. The zero-order chi connectivity index (χ0) is 20.1. The zero-order valence-electron chi connectivity index (χ0n) is 16.8. The lowest BCUT2D eigenvalue weighted by molar-refractivity contribution is -0.119. The first-order valence-electron chi connectivity index (χ1n) is 9.82. The van der Waals surface area contributed by atoms with Gasteiger partial charge in [0.25, 0.3) is 0 Å². The molecule has 0 radical (unpaired) electrons. The van der Waals surface area contributed by atoms with Gasteiger partial charge in [-0.15, -0.1) is 0 Å². The van der Waals surface area contributed by atoms with Gasteiger partial charge in [0.1, 0.15) is 5.75 Å². The highest BCUT2D eigenvalue weighted by Gasteiger charge is 2.24. The number of methoxy groups -OCH3 is 1. The highest BCUT2D eigenvalue weighted by Crippen LogP contribution is 2.31. The maximum Gasteiger partial charge on any atom is 0.227 e. The number of hydrogen-bond donors (Lipinski definition) is 1. The molecule has 5 nitrogen and oxygen atoms in total. The molecule has 2 aromatic rings. The van der Waals surface area contributed by atoms with Gasteiger partial charge in [-0.3, -0.25) is 9.59 Å². The van der Waals surface area contributed by atoms with Crippen LogP contribution in [0.3, 0.4) is 0 Å². The summed E-state index contributed by atoms with van der Waals surface area (Å²) < 4.78 is 5.15. The van der Waals surface area contributed by atoms with E-state index in [1.165, 1.54) is 0 Å². The van der Waals surface area contributed by atoms with Gasteiger partial charge in [-0.1, -0.05) is 26.0 Å². The minimum Gasteiger partial charge on any atom is -0.497 e. The number of nitrogens with one attached hydrogen (secondary N) is 1. The highest BCUT2D eigenvalue weighted by atomic mass is 16.5. The molecule has 1 N–H and O–H groups in total. The molecule has 0 bridgehead atoms. The van der Waals surface area contributed by atoms with Crippen LogP contribution in [0.5, 0.6) is 5.75 Å². The fourth-order valence-corrected chi connectivity index (χ4v) is 3.48. The normalized spacial score (nSPS) is 13.4. The van der Waals surface area contributed by atoms with Gasteiger partial charge >= 0.3 is 0 Å². The van der Waals surface area contributed by atoms with Crippen molar-refractivity contribution in [3.05, 3.63) is 53.6 Å². The minimum absolute atomic E-state index is 0.0123. The van der Waals surface area contributed by atoms with Gasteiger partial charge < -0.3 is 15.0 Å². The van der Waals surface area contributed by atoms with Crippen LogP contribution in [0.2, 0.25) is 0 Å². The molecule has 1 aliphatic heterocycles.